The van der Waals surface area contributed by atoms with Crippen molar-refractivity contribution < 1.29 is 0 Å². The Morgan fingerprint density at radius 3 is 2.18 bits per heavy atom. The maximum atomic E-state index is 6.23. The molecule has 2 aliphatic carbocycles. The summed E-state index contributed by atoms with van der Waals surface area (Å²) in [6.45, 7) is 7.05. The Kier molecular flexibility index (Phi) is 1.26. The molecule has 0 spiro atoms. The average Bonchev–Trinajstić information content (AvgIpc) is 2.36. The van der Waals surface area contributed by atoms with Gasteiger partial charge in [-0.1, -0.05) is 20.8 Å². The average molecular weight is 153 g/mol. The molecule has 0 heterocycles. The predicted molar refractivity (Wildman–Crippen MR) is 47.2 cm³/mol. The zero-order chi connectivity index (χ0) is 8.28. The minimum Gasteiger partial charge on any atom is -0.327 e. The third kappa shape index (κ3) is 0.752. The predicted octanol–water partition coefficient (Wildman–Crippen LogP) is 2.16. The summed E-state index contributed by atoms with van der Waals surface area (Å²) in [5, 5.41) is 0. The number of rotatable bonds is 0. The monoisotopic (exact) mass is 153 g/mol. The lowest BCUT2D eigenvalue weighted by molar-refractivity contribution is 0.141. The molecule has 2 aliphatic rings. The molecule has 0 amide bonds. The van der Waals surface area contributed by atoms with E-state index in [4.69, 9.17) is 5.73 Å². The topological polar surface area (TPSA) is 26.0 Å². The molecule has 2 saturated carbocycles. The standard InChI is InChI=1S/C10H19N/c1-9(2)7-4-5-10(3,6-7)8(9)11/h7-8H,4-6,11H2,1-3H3/t7-,8-,10+/m0/s1. The molecular formula is C10H19N. The van der Waals surface area contributed by atoms with Crippen molar-refractivity contribution in [3.05, 3.63) is 0 Å². The molecule has 3 atom stereocenters. The molecule has 2 bridgehead atoms. The van der Waals surface area contributed by atoms with E-state index in [0.717, 1.165) is 5.92 Å². The summed E-state index contributed by atoms with van der Waals surface area (Å²) < 4.78 is 0. The number of hydrogen-bond donors (Lipinski definition) is 1. The van der Waals surface area contributed by atoms with Crippen LogP contribution in [0.25, 0.3) is 0 Å². The molecule has 0 aromatic carbocycles. The van der Waals surface area contributed by atoms with E-state index >= 15 is 0 Å². The third-order valence-electron chi connectivity index (χ3n) is 4.38. The van der Waals surface area contributed by atoms with Crippen LogP contribution in [0.5, 0.6) is 0 Å². The van der Waals surface area contributed by atoms with Crippen LogP contribution in [0.4, 0.5) is 0 Å². The van der Waals surface area contributed by atoms with Gasteiger partial charge in [0.25, 0.3) is 0 Å². The smallest absolute Gasteiger partial charge is 0.0147 e. The zero-order valence-electron chi connectivity index (χ0n) is 7.85. The highest BCUT2D eigenvalue weighted by Gasteiger charge is 2.57. The van der Waals surface area contributed by atoms with Gasteiger partial charge in [0.2, 0.25) is 0 Å². The normalized spacial score (nSPS) is 53.5. The molecule has 64 valence electrons. The van der Waals surface area contributed by atoms with Gasteiger partial charge in [0.05, 0.1) is 0 Å². The first-order chi connectivity index (χ1) is 4.97. The second-order valence-corrected chi connectivity index (χ2v) is 5.39. The van der Waals surface area contributed by atoms with Crippen LogP contribution in [0.15, 0.2) is 0 Å². The number of hydrogen-bond acceptors (Lipinski definition) is 1. The van der Waals surface area contributed by atoms with Crippen LogP contribution in [-0.4, -0.2) is 6.04 Å². The van der Waals surface area contributed by atoms with E-state index in [1.807, 2.05) is 0 Å². The first kappa shape index (κ1) is 7.60. The molecule has 1 nitrogen and oxygen atoms in total. The lowest BCUT2D eigenvalue weighted by Crippen LogP contribution is -2.46. The number of fused-ring (bicyclic) bond motifs is 2. The molecule has 11 heavy (non-hydrogen) atoms. The van der Waals surface area contributed by atoms with Gasteiger partial charge in [-0.2, -0.15) is 0 Å². The van der Waals surface area contributed by atoms with E-state index in [0.29, 0.717) is 16.9 Å². The van der Waals surface area contributed by atoms with E-state index in [1.54, 1.807) is 0 Å². The maximum absolute atomic E-state index is 6.23. The second-order valence-electron chi connectivity index (χ2n) is 5.39. The SMILES string of the molecule is CC1(C)[C@H]2CC[C@](C)(C2)[C@H]1N. The van der Waals surface area contributed by atoms with Crippen LogP contribution < -0.4 is 5.73 Å². The van der Waals surface area contributed by atoms with Crippen molar-refractivity contribution in [1.29, 1.82) is 0 Å². The molecule has 0 unspecified atom stereocenters. The Morgan fingerprint density at radius 1 is 1.27 bits per heavy atom. The van der Waals surface area contributed by atoms with Gasteiger partial charge in [-0.05, 0) is 36.0 Å². The Labute approximate surface area is 69.4 Å². The van der Waals surface area contributed by atoms with Gasteiger partial charge < -0.3 is 5.73 Å². The van der Waals surface area contributed by atoms with E-state index in [2.05, 4.69) is 20.8 Å². The lowest BCUT2D eigenvalue weighted by Gasteiger charge is -2.40. The molecule has 2 rings (SSSR count). The minimum absolute atomic E-state index is 0.410. The lowest BCUT2D eigenvalue weighted by atomic mass is 9.69. The molecule has 0 aromatic heterocycles. The Balaban J connectivity index is 2.34. The molecule has 1 heteroatoms. The van der Waals surface area contributed by atoms with Gasteiger partial charge >= 0.3 is 0 Å². The highest BCUT2D eigenvalue weighted by Crippen LogP contribution is 2.61. The molecule has 0 aromatic rings. The molecular weight excluding hydrogens is 134 g/mol. The summed E-state index contributed by atoms with van der Waals surface area (Å²) in [6, 6.07) is 0.439. The summed E-state index contributed by atoms with van der Waals surface area (Å²) in [6.07, 6.45) is 4.15. The Hall–Kier alpha value is -0.0400. The fourth-order valence-electron chi connectivity index (χ4n) is 3.34. The van der Waals surface area contributed by atoms with Crippen molar-refractivity contribution in [1.82, 2.24) is 0 Å². The fraction of sp³-hybridized carbons (Fsp3) is 1.00. The van der Waals surface area contributed by atoms with Crippen molar-refractivity contribution in [3.63, 3.8) is 0 Å². The second kappa shape index (κ2) is 1.82. The van der Waals surface area contributed by atoms with E-state index < -0.39 is 0 Å². The van der Waals surface area contributed by atoms with Crippen LogP contribution >= 0.6 is 0 Å². The third-order valence-corrected chi connectivity index (χ3v) is 4.38. The van der Waals surface area contributed by atoms with Crippen molar-refractivity contribution in [2.24, 2.45) is 22.5 Å². The van der Waals surface area contributed by atoms with Crippen LogP contribution in [-0.2, 0) is 0 Å². The largest absolute Gasteiger partial charge is 0.327 e. The van der Waals surface area contributed by atoms with Crippen LogP contribution in [0, 0.1) is 16.7 Å². The first-order valence-corrected chi connectivity index (χ1v) is 4.72. The van der Waals surface area contributed by atoms with E-state index in [1.165, 1.54) is 19.3 Å². The molecule has 0 aliphatic heterocycles. The van der Waals surface area contributed by atoms with Crippen molar-refractivity contribution in [2.75, 3.05) is 0 Å². The summed E-state index contributed by atoms with van der Waals surface area (Å²) in [5.74, 6) is 0.905. The quantitative estimate of drug-likeness (QED) is 0.567. The maximum Gasteiger partial charge on any atom is 0.0147 e. The van der Waals surface area contributed by atoms with Gasteiger partial charge in [-0.15, -0.1) is 0 Å². The van der Waals surface area contributed by atoms with E-state index in [9.17, 15) is 0 Å². The molecule has 0 radical (unpaired) electrons. The van der Waals surface area contributed by atoms with Gasteiger partial charge in [0, 0.05) is 6.04 Å². The Bertz CT molecular complexity index is 181. The molecule has 0 saturated heterocycles. The summed E-state index contributed by atoms with van der Waals surface area (Å²) >= 11 is 0. The van der Waals surface area contributed by atoms with Crippen LogP contribution in [0.2, 0.25) is 0 Å². The fourth-order valence-corrected chi connectivity index (χ4v) is 3.34. The van der Waals surface area contributed by atoms with Crippen LogP contribution in [0.1, 0.15) is 40.0 Å². The molecule has 2 N–H and O–H groups in total. The Morgan fingerprint density at radius 2 is 1.91 bits per heavy atom. The van der Waals surface area contributed by atoms with Gasteiger partial charge in [-0.25, -0.2) is 0 Å². The summed E-state index contributed by atoms with van der Waals surface area (Å²) in [7, 11) is 0. The summed E-state index contributed by atoms with van der Waals surface area (Å²) in [5.41, 5.74) is 7.12. The zero-order valence-corrected chi connectivity index (χ0v) is 7.85. The highest BCUT2D eigenvalue weighted by molar-refractivity contribution is 5.10. The minimum atomic E-state index is 0.410. The van der Waals surface area contributed by atoms with Crippen molar-refractivity contribution in [2.45, 2.75) is 46.1 Å². The van der Waals surface area contributed by atoms with Gasteiger partial charge in [0.15, 0.2) is 0 Å². The van der Waals surface area contributed by atoms with Crippen LogP contribution in [0.3, 0.4) is 0 Å². The van der Waals surface area contributed by atoms with Crippen molar-refractivity contribution >= 4 is 0 Å². The van der Waals surface area contributed by atoms with Gasteiger partial charge in [-0.3, -0.25) is 0 Å². The first-order valence-electron chi connectivity index (χ1n) is 4.72. The highest BCUT2D eigenvalue weighted by atomic mass is 14.8. The molecule has 2 fully saturated rings. The number of nitrogens with two attached hydrogens (primary N) is 1. The van der Waals surface area contributed by atoms with Gasteiger partial charge in [0.1, 0.15) is 0 Å². The van der Waals surface area contributed by atoms with E-state index in [-0.39, 0.29) is 0 Å². The summed E-state index contributed by atoms with van der Waals surface area (Å²) in [4.78, 5) is 0. The van der Waals surface area contributed by atoms with Crippen molar-refractivity contribution in [3.8, 4) is 0 Å².